The number of carbonyl (C=O) groups excluding carboxylic acids is 1. The average molecular weight is 448 g/mol. The Morgan fingerprint density at radius 1 is 1.09 bits per heavy atom. The summed E-state index contributed by atoms with van der Waals surface area (Å²) < 4.78 is 5.57. The van der Waals surface area contributed by atoms with E-state index in [1.807, 2.05) is 44.2 Å². The molecule has 0 radical (unpaired) electrons. The van der Waals surface area contributed by atoms with Crippen LogP contribution < -0.4 is 10.1 Å². The topological polar surface area (TPSA) is 91.8 Å². The van der Waals surface area contributed by atoms with Gasteiger partial charge in [0.15, 0.2) is 0 Å². The van der Waals surface area contributed by atoms with Crippen molar-refractivity contribution >= 4 is 12.0 Å². The number of aromatic nitrogens is 1. The van der Waals surface area contributed by atoms with Crippen molar-refractivity contribution in [2.75, 3.05) is 13.7 Å². The maximum Gasteiger partial charge on any atom is 0.317 e. The van der Waals surface area contributed by atoms with Crippen LogP contribution in [0.4, 0.5) is 4.79 Å². The number of aliphatic carboxylic acids is 1. The van der Waals surface area contributed by atoms with Gasteiger partial charge in [0.1, 0.15) is 5.75 Å². The zero-order valence-electron chi connectivity index (χ0n) is 19.2. The molecule has 2 aromatic carbocycles. The highest BCUT2D eigenvalue weighted by Crippen LogP contribution is 2.34. The highest BCUT2D eigenvalue weighted by atomic mass is 16.5. The third kappa shape index (κ3) is 6.32. The van der Waals surface area contributed by atoms with E-state index < -0.39 is 5.97 Å². The molecule has 7 heteroatoms. The number of ether oxygens (including phenoxy) is 1. The number of rotatable bonds is 9. The number of nitrogens with zero attached hydrogens (tertiary/aromatic N) is 2. The Kier molecular flexibility index (Phi) is 8.02. The predicted molar refractivity (Wildman–Crippen MR) is 127 cm³/mol. The SMILES string of the molecule is CCN(Cc1cc(C)ccc1-c1cc(CC(=O)O)ccc1OC)C(=O)NCc1cccnc1. The van der Waals surface area contributed by atoms with Gasteiger partial charge in [0.25, 0.3) is 0 Å². The van der Waals surface area contributed by atoms with Crippen LogP contribution in [0.2, 0.25) is 0 Å². The lowest BCUT2D eigenvalue weighted by atomic mass is 9.94. The van der Waals surface area contributed by atoms with Gasteiger partial charge in [0, 0.05) is 37.6 Å². The molecule has 33 heavy (non-hydrogen) atoms. The summed E-state index contributed by atoms with van der Waals surface area (Å²) in [7, 11) is 1.59. The minimum atomic E-state index is -0.891. The molecule has 1 aromatic heterocycles. The van der Waals surface area contributed by atoms with Crippen molar-refractivity contribution in [1.82, 2.24) is 15.2 Å². The molecule has 0 aliphatic carbocycles. The summed E-state index contributed by atoms with van der Waals surface area (Å²) in [5.74, 6) is -0.240. The van der Waals surface area contributed by atoms with Gasteiger partial charge in [0.05, 0.1) is 13.5 Å². The minimum Gasteiger partial charge on any atom is -0.496 e. The smallest absolute Gasteiger partial charge is 0.317 e. The Morgan fingerprint density at radius 2 is 1.91 bits per heavy atom. The second-order valence-corrected chi connectivity index (χ2v) is 7.80. The van der Waals surface area contributed by atoms with Crippen molar-refractivity contribution in [3.05, 3.63) is 83.2 Å². The highest BCUT2D eigenvalue weighted by molar-refractivity contribution is 5.78. The van der Waals surface area contributed by atoms with Crippen molar-refractivity contribution in [2.24, 2.45) is 0 Å². The fraction of sp³-hybridized carbons (Fsp3) is 0.269. The average Bonchev–Trinajstić information content (AvgIpc) is 2.81. The number of carboxylic acids is 1. The number of hydrogen-bond donors (Lipinski definition) is 2. The molecule has 172 valence electrons. The summed E-state index contributed by atoms with van der Waals surface area (Å²) in [5.41, 5.74) is 5.35. The molecular formula is C26H29N3O4. The molecule has 0 saturated heterocycles. The van der Waals surface area contributed by atoms with E-state index >= 15 is 0 Å². The predicted octanol–water partition coefficient (Wildman–Crippen LogP) is 4.42. The summed E-state index contributed by atoms with van der Waals surface area (Å²) >= 11 is 0. The van der Waals surface area contributed by atoms with Gasteiger partial charge < -0.3 is 20.1 Å². The van der Waals surface area contributed by atoms with Gasteiger partial charge in [-0.2, -0.15) is 0 Å². The molecule has 0 unspecified atom stereocenters. The second-order valence-electron chi connectivity index (χ2n) is 7.80. The molecule has 0 spiro atoms. The van der Waals surface area contributed by atoms with E-state index in [2.05, 4.69) is 16.4 Å². The Balaban J connectivity index is 1.89. The lowest BCUT2D eigenvalue weighted by Gasteiger charge is -2.24. The van der Waals surface area contributed by atoms with Gasteiger partial charge in [-0.05, 0) is 54.3 Å². The largest absolute Gasteiger partial charge is 0.496 e. The van der Waals surface area contributed by atoms with Crippen LogP contribution >= 0.6 is 0 Å². The third-order valence-electron chi connectivity index (χ3n) is 5.37. The van der Waals surface area contributed by atoms with Gasteiger partial charge in [-0.25, -0.2) is 4.79 Å². The number of hydrogen-bond acceptors (Lipinski definition) is 4. The van der Waals surface area contributed by atoms with Crippen LogP contribution in [0.15, 0.2) is 60.9 Å². The summed E-state index contributed by atoms with van der Waals surface area (Å²) in [6.45, 7) is 5.27. The van der Waals surface area contributed by atoms with Crippen molar-refractivity contribution in [1.29, 1.82) is 0 Å². The normalized spacial score (nSPS) is 10.5. The fourth-order valence-electron chi connectivity index (χ4n) is 3.69. The molecule has 0 atom stereocenters. The lowest BCUT2D eigenvalue weighted by molar-refractivity contribution is -0.136. The molecule has 2 amide bonds. The van der Waals surface area contributed by atoms with Crippen LogP contribution in [-0.2, 0) is 24.3 Å². The molecular weight excluding hydrogens is 418 g/mol. The van der Waals surface area contributed by atoms with Crippen LogP contribution in [0.3, 0.4) is 0 Å². The second kappa shape index (κ2) is 11.1. The Bertz CT molecular complexity index is 1120. The van der Waals surface area contributed by atoms with Gasteiger partial charge in [-0.3, -0.25) is 9.78 Å². The molecule has 0 aliphatic heterocycles. The number of methoxy groups -OCH3 is 1. The van der Waals surface area contributed by atoms with Gasteiger partial charge in [0.2, 0.25) is 0 Å². The maximum absolute atomic E-state index is 12.9. The number of carboxylic acid groups (broad SMARTS) is 1. The minimum absolute atomic E-state index is 0.0734. The van der Waals surface area contributed by atoms with Crippen molar-refractivity contribution in [3.63, 3.8) is 0 Å². The number of amides is 2. The van der Waals surface area contributed by atoms with Crippen LogP contribution in [0.25, 0.3) is 11.1 Å². The number of aryl methyl sites for hydroxylation is 1. The zero-order chi connectivity index (χ0) is 23.8. The quantitative estimate of drug-likeness (QED) is 0.507. The molecule has 3 rings (SSSR count). The molecule has 0 bridgehead atoms. The molecule has 2 N–H and O–H groups in total. The lowest BCUT2D eigenvalue weighted by Crippen LogP contribution is -2.39. The number of pyridine rings is 1. The van der Waals surface area contributed by atoms with Crippen LogP contribution in [0.5, 0.6) is 5.75 Å². The first-order chi connectivity index (χ1) is 15.9. The molecule has 7 nitrogen and oxygen atoms in total. The van der Waals surface area contributed by atoms with E-state index in [9.17, 15) is 14.7 Å². The first kappa shape index (κ1) is 23.8. The summed E-state index contributed by atoms with van der Waals surface area (Å²) in [5, 5.41) is 12.2. The van der Waals surface area contributed by atoms with Crippen LogP contribution in [-0.4, -0.2) is 40.6 Å². The van der Waals surface area contributed by atoms with Crippen LogP contribution in [0.1, 0.15) is 29.2 Å². The Hall–Kier alpha value is -3.87. The number of urea groups is 1. The van der Waals surface area contributed by atoms with E-state index in [-0.39, 0.29) is 12.5 Å². The Labute approximate surface area is 194 Å². The van der Waals surface area contributed by atoms with Crippen molar-refractivity contribution < 1.29 is 19.4 Å². The van der Waals surface area contributed by atoms with Crippen LogP contribution in [0, 0.1) is 6.92 Å². The van der Waals surface area contributed by atoms with Crippen molar-refractivity contribution in [3.8, 4) is 16.9 Å². The monoisotopic (exact) mass is 447 g/mol. The standard InChI is InChI=1S/C26H29N3O4/c1-4-29(26(32)28-16-20-6-5-11-27-15-20)17-21-12-18(2)7-9-22(21)23-13-19(14-25(30)31)8-10-24(23)33-3/h5-13,15H,4,14,16-17H2,1-3H3,(H,28,32)(H,30,31). The summed E-state index contributed by atoms with van der Waals surface area (Å²) in [6, 6.07) is 15.0. The molecule has 3 aromatic rings. The highest BCUT2D eigenvalue weighted by Gasteiger charge is 2.17. The van der Waals surface area contributed by atoms with Gasteiger partial charge in [-0.1, -0.05) is 35.9 Å². The molecule has 1 heterocycles. The zero-order valence-corrected chi connectivity index (χ0v) is 19.2. The Morgan fingerprint density at radius 3 is 2.58 bits per heavy atom. The number of nitrogens with one attached hydrogen (secondary N) is 1. The fourth-order valence-corrected chi connectivity index (χ4v) is 3.69. The first-order valence-corrected chi connectivity index (χ1v) is 10.8. The van der Waals surface area contributed by atoms with E-state index in [0.717, 1.165) is 27.8 Å². The van der Waals surface area contributed by atoms with Gasteiger partial charge in [-0.15, -0.1) is 0 Å². The van der Waals surface area contributed by atoms with Gasteiger partial charge >= 0.3 is 12.0 Å². The molecule has 0 saturated carbocycles. The van der Waals surface area contributed by atoms with Crippen molar-refractivity contribution in [2.45, 2.75) is 33.4 Å². The van der Waals surface area contributed by atoms with E-state index in [1.54, 1.807) is 36.5 Å². The summed E-state index contributed by atoms with van der Waals surface area (Å²) in [4.78, 5) is 29.9. The number of benzene rings is 2. The van der Waals surface area contributed by atoms with E-state index in [1.165, 1.54) is 0 Å². The maximum atomic E-state index is 12.9. The molecule has 0 aliphatic rings. The van der Waals surface area contributed by atoms with E-state index in [0.29, 0.717) is 30.9 Å². The summed E-state index contributed by atoms with van der Waals surface area (Å²) in [6.07, 6.45) is 3.35. The number of carbonyl (C=O) groups is 2. The first-order valence-electron chi connectivity index (χ1n) is 10.8. The van der Waals surface area contributed by atoms with E-state index in [4.69, 9.17) is 4.74 Å². The molecule has 0 fully saturated rings. The third-order valence-corrected chi connectivity index (χ3v) is 5.37.